The Morgan fingerprint density at radius 1 is 0.955 bits per heavy atom. The van der Waals surface area contributed by atoms with Crippen LogP contribution in [0.3, 0.4) is 0 Å². The molecule has 4 rings (SSSR count). The van der Waals surface area contributed by atoms with Crippen molar-refractivity contribution in [3.8, 4) is 0 Å². The Labute approximate surface area is 131 Å². The molecular weight excluding hydrogens is 296 g/mol. The van der Waals surface area contributed by atoms with Gasteiger partial charge in [-0.3, -0.25) is 4.90 Å². The molecule has 0 amide bonds. The highest BCUT2D eigenvalue weighted by molar-refractivity contribution is 7.89. The third-order valence-corrected chi connectivity index (χ3v) is 6.77. The SMILES string of the molecule is O=S(=O)(c1ccc2ccccc2c1)N1CCN2CCC[C@@H]2C1. The van der Waals surface area contributed by atoms with Crippen LogP contribution in [0.2, 0.25) is 0 Å². The summed E-state index contributed by atoms with van der Waals surface area (Å²) < 4.78 is 27.5. The van der Waals surface area contributed by atoms with E-state index in [1.165, 1.54) is 6.42 Å². The van der Waals surface area contributed by atoms with Gasteiger partial charge in [-0.15, -0.1) is 0 Å². The summed E-state index contributed by atoms with van der Waals surface area (Å²) in [5.74, 6) is 0. The van der Waals surface area contributed by atoms with Gasteiger partial charge >= 0.3 is 0 Å². The van der Waals surface area contributed by atoms with Crippen LogP contribution in [0.5, 0.6) is 0 Å². The number of hydrogen-bond acceptors (Lipinski definition) is 3. The van der Waals surface area contributed by atoms with Gasteiger partial charge in [0.15, 0.2) is 0 Å². The standard InChI is InChI=1S/C17H20N2O2S/c20-22(21,19-11-10-18-9-3-6-16(18)13-19)17-8-7-14-4-1-2-5-15(14)12-17/h1-2,4-5,7-8,12,16H,3,6,9-11,13H2/t16-/m1/s1. The van der Waals surface area contributed by atoms with Crippen LogP contribution >= 0.6 is 0 Å². The predicted molar refractivity (Wildman–Crippen MR) is 87.3 cm³/mol. The zero-order valence-electron chi connectivity index (χ0n) is 12.5. The first-order valence-electron chi connectivity index (χ1n) is 7.88. The molecule has 4 nitrogen and oxygen atoms in total. The Hall–Kier alpha value is -1.43. The monoisotopic (exact) mass is 316 g/mol. The van der Waals surface area contributed by atoms with Crippen molar-refractivity contribution in [1.29, 1.82) is 0 Å². The molecule has 0 N–H and O–H groups in total. The van der Waals surface area contributed by atoms with E-state index in [1.54, 1.807) is 16.4 Å². The number of piperazine rings is 1. The average Bonchev–Trinajstić information content (AvgIpc) is 3.02. The lowest BCUT2D eigenvalue weighted by atomic mass is 10.1. The summed E-state index contributed by atoms with van der Waals surface area (Å²) in [6, 6.07) is 13.7. The lowest BCUT2D eigenvalue weighted by Crippen LogP contribution is -2.51. The third-order valence-electron chi connectivity index (χ3n) is 4.91. The van der Waals surface area contributed by atoms with Crippen molar-refractivity contribution in [3.05, 3.63) is 42.5 Å². The van der Waals surface area contributed by atoms with Crippen LogP contribution in [0.4, 0.5) is 0 Å². The average molecular weight is 316 g/mol. The number of rotatable bonds is 2. The largest absolute Gasteiger partial charge is 0.298 e. The number of nitrogens with zero attached hydrogens (tertiary/aromatic N) is 2. The third kappa shape index (κ3) is 2.33. The topological polar surface area (TPSA) is 40.6 Å². The highest BCUT2D eigenvalue weighted by Gasteiger charge is 2.36. The van der Waals surface area contributed by atoms with Crippen molar-refractivity contribution in [3.63, 3.8) is 0 Å². The van der Waals surface area contributed by atoms with Crippen LogP contribution in [-0.2, 0) is 10.0 Å². The quantitative estimate of drug-likeness (QED) is 0.854. The van der Waals surface area contributed by atoms with Gasteiger partial charge in [0.1, 0.15) is 0 Å². The van der Waals surface area contributed by atoms with E-state index < -0.39 is 10.0 Å². The van der Waals surface area contributed by atoms with E-state index in [4.69, 9.17) is 0 Å². The van der Waals surface area contributed by atoms with Crippen molar-refractivity contribution < 1.29 is 8.42 Å². The molecule has 0 bridgehead atoms. The van der Waals surface area contributed by atoms with Crippen LogP contribution in [0.1, 0.15) is 12.8 Å². The molecule has 0 radical (unpaired) electrons. The Morgan fingerprint density at radius 2 is 1.77 bits per heavy atom. The second-order valence-electron chi connectivity index (χ2n) is 6.20. The van der Waals surface area contributed by atoms with Gasteiger partial charge in [-0.2, -0.15) is 4.31 Å². The van der Waals surface area contributed by atoms with Gasteiger partial charge in [-0.1, -0.05) is 30.3 Å². The fraction of sp³-hybridized carbons (Fsp3) is 0.412. The van der Waals surface area contributed by atoms with Crippen LogP contribution in [0.15, 0.2) is 47.4 Å². The van der Waals surface area contributed by atoms with Crippen molar-refractivity contribution in [1.82, 2.24) is 9.21 Å². The second-order valence-corrected chi connectivity index (χ2v) is 8.14. The zero-order chi connectivity index (χ0) is 15.2. The molecule has 0 aromatic heterocycles. The molecule has 5 heteroatoms. The second kappa shape index (κ2) is 5.33. The fourth-order valence-corrected chi connectivity index (χ4v) is 5.16. The summed E-state index contributed by atoms with van der Waals surface area (Å²) in [6.07, 6.45) is 2.30. The minimum atomic E-state index is -3.39. The summed E-state index contributed by atoms with van der Waals surface area (Å²) in [6.45, 7) is 3.22. The summed E-state index contributed by atoms with van der Waals surface area (Å²) >= 11 is 0. The van der Waals surface area contributed by atoms with Crippen LogP contribution in [-0.4, -0.2) is 49.8 Å². The Balaban J connectivity index is 1.66. The molecule has 1 atom stereocenters. The lowest BCUT2D eigenvalue weighted by Gasteiger charge is -2.36. The molecule has 2 heterocycles. The molecule has 0 unspecified atom stereocenters. The van der Waals surface area contributed by atoms with E-state index in [0.29, 0.717) is 24.0 Å². The molecule has 2 aromatic carbocycles. The molecule has 0 aliphatic carbocycles. The molecule has 2 saturated heterocycles. The van der Waals surface area contributed by atoms with Gasteiger partial charge in [0.2, 0.25) is 10.0 Å². The fourth-order valence-electron chi connectivity index (χ4n) is 3.66. The van der Waals surface area contributed by atoms with E-state index in [1.807, 2.05) is 30.3 Å². The molecule has 2 fully saturated rings. The maximum Gasteiger partial charge on any atom is 0.243 e. The summed E-state index contributed by atoms with van der Waals surface area (Å²) in [5.41, 5.74) is 0. The Kier molecular flexibility index (Phi) is 3.44. The predicted octanol–water partition coefficient (Wildman–Crippen LogP) is 2.31. The maximum atomic E-state index is 12.9. The van der Waals surface area contributed by atoms with E-state index in [9.17, 15) is 8.42 Å². The highest BCUT2D eigenvalue weighted by atomic mass is 32.2. The first kappa shape index (κ1) is 14.2. The molecular formula is C17H20N2O2S. The van der Waals surface area contributed by atoms with Gasteiger partial charge in [0.25, 0.3) is 0 Å². The molecule has 116 valence electrons. The van der Waals surface area contributed by atoms with Crippen LogP contribution < -0.4 is 0 Å². The van der Waals surface area contributed by atoms with Gasteiger partial charge in [0.05, 0.1) is 4.90 Å². The van der Waals surface area contributed by atoms with E-state index in [0.717, 1.165) is 30.3 Å². The normalized spacial score (nSPS) is 23.7. The zero-order valence-corrected chi connectivity index (χ0v) is 13.3. The maximum absolute atomic E-state index is 12.9. The Bertz CT molecular complexity index is 803. The van der Waals surface area contributed by atoms with Crippen molar-refractivity contribution in [2.75, 3.05) is 26.2 Å². The minimum absolute atomic E-state index is 0.406. The first-order chi connectivity index (χ1) is 10.6. The van der Waals surface area contributed by atoms with E-state index in [2.05, 4.69) is 4.90 Å². The summed E-state index contributed by atoms with van der Waals surface area (Å²) in [5, 5.41) is 2.05. The molecule has 22 heavy (non-hydrogen) atoms. The number of sulfonamides is 1. The first-order valence-corrected chi connectivity index (χ1v) is 9.32. The van der Waals surface area contributed by atoms with Gasteiger partial charge < -0.3 is 0 Å². The summed E-state index contributed by atoms with van der Waals surface area (Å²) in [4.78, 5) is 2.84. The number of fused-ring (bicyclic) bond motifs is 2. The van der Waals surface area contributed by atoms with Crippen LogP contribution in [0.25, 0.3) is 10.8 Å². The van der Waals surface area contributed by atoms with Crippen molar-refractivity contribution in [2.45, 2.75) is 23.8 Å². The van der Waals surface area contributed by atoms with E-state index in [-0.39, 0.29) is 0 Å². The smallest absolute Gasteiger partial charge is 0.243 e. The highest BCUT2D eigenvalue weighted by Crippen LogP contribution is 2.27. The molecule has 2 aliphatic heterocycles. The van der Waals surface area contributed by atoms with Crippen LogP contribution in [0, 0.1) is 0 Å². The molecule has 0 saturated carbocycles. The van der Waals surface area contributed by atoms with Gasteiger partial charge in [-0.25, -0.2) is 8.42 Å². The van der Waals surface area contributed by atoms with Crippen molar-refractivity contribution >= 4 is 20.8 Å². The van der Waals surface area contributed by atoms with Gasteiger partial charge in [-0.05, 0) is 42.3 Å². The lowest BCUT2D eigenvalue weighted by molar-refractivity contribution is 0.158. The van der Waals surface area contributed by atoms with Gasteiger partial charge in [0, 0.05) is 25.7 Å². The summed E-state index contributed by atoms with van der Waals surface area (Å²) in [7, 11) is -3.39. The van der Waals surface area contributed by atoms with Crippen molar-refractivity contribution in [2.24, 2.45) is 0 Å². The molecule has 0 spiro atoms. The minimum Gasteiger partial charge on any atom is -0.298 e. The Morgan fingerprint density at radius 3 is 2.64 bits per heavy atom. The molecule has 2 aromatic rings. The number of benzene rings is 2. The molecule has 2 aliphatic rings. The number of hydrogen-bond donors (Lipinski definition) is 0. The van der Waals surface area contributed by atoms with E-state index >= 15 is 0 Å².